The molecule has 1 atom stereocenters. The second-order valence-electron chi connectivity index (χ2n) is 4.53. The maximum Gasteiger partial charge on any atom is 0.134 e. The second-order valence-corrected chi connectivity index (χ2v) is 4.53. The minimum Gasteiger partial charge on any atom is -0.363 e. The van der Waals surface area contributed by atoms with Gasteiger partial charge in [-0.25, -0.2) is 4.98 Å². The van der Waals surface area contributed by atoms with Crippen LogP contribution in [0.3, 0.4) is 0 Å². The summed E-state index contributed by atoms with van der Waals surface area (Å²) in [6.07, 6.45) is 5.46. The lowest BCUT2D eigenvalue weighted by Gasteiger charge is -2.16. The van der Waals surface area contributed by atoms with Gasteiger partial charge in [0.05, 0.1) is 6.04 Å². The Bertz CT molecular complexity index is 674. The van der Waals surface area contributed by atoms with Crippen molar-refractivity contribution in [2.75, 3.05) is 5.32 Å². The Hall–Kier alpha value is -2.42. The Morgan fingerprint density at radius 3 is 2.58 bits per heavy atom. The quantitative estimate of drug-likeness (QED) is 0.767. The molecule has 0 saturated heterocycles. The van der Waals surface area contributed by atoms with Gasteiger partial charge in [-0.1, -0.05) is 24.3 Å². The summed E-state index contributed by atoms with van der Waals surface area (Å²) < 4.78 is 0. The number of rotatable bonds is 3. The van der Waals surface area contributed by atoms with Crippen molar-refractivity contribution in [2.45, 2.75) is 13.0 Å². The number of benzene rings is 1. The predicted octanol–water partition coefficient (Wildman–Crippen LogP) is 3.80. The molecule has 0 radical (unpaired) electrons. The van der Waals surface area contributed by atoms with E-state index in [-0.39, 0.29) is 6.04 Å². The smallest absolute Gasteiger partial charge is 0.134 e. The summed E-state index contributed by atoms with van der Waals surface area (Å²) in [4.78, 5) is 8.49. The summed E-state index contributed by atoms with van der Waals surface area (Å²) in [5.74, 6) is 0.919. The van der Waals surface area contributed by atoms with Gasteiger partial charge in [0.1, 0.15) is 5.82 Å². The highest BCUT2D eigenvalue weighted by molar-refractivity contribution is 5.91. The van der Waals surface area contributed by atoms with Crippen LogP contribution < -0.4 is 5.32 Å². The van der Waals surface area contributed by atoms with E-state index in [2.05, 4.69) is 34.3 Å². The van der Waals surface area contributed by atoms with E-state index in [4.69, 9.17) is 0 Å². The first-order valence-electron chi connectivity index (χ1n) is 6.35. The molecule has 2 aromatic heterocycles. The largest absolute Gasteiger partial charge is 0.363 e. The summed E-state index contributed by atoms with van der Waals surface area (Å²) in [6, 6.07) is 14.5. The van der Waals surface area contributed by atoms with Crippen LogP contribution in [0.15, 0.2) is 61.1 Å². The van der Waals surface area contributed by atoms with Crippen molar-refractivity contribution in [2.24, 2.45) is 0 Å². The van der Waals surface area contributed by atoms with Crippen LogP contribution >= 0.6 is 0 Å². The monoisotopic (exact) mass is 249 g/mol. The zero-order chi connectivity index (χ0) is 13.1. The first-order chi connectivity index (χ1) is 9.34. The highest BCUT2D eigenvalue weighted by Gasteiger charge is 2.07. The van der Waals surface area contributed by atoms with Crippen LogP contribution in [0.4, 0.5) is 5.82 Å². The number of hydrogen-bond acceptors (Lipinski definition) is 3. The van der Waals surface area contributed by atoms with E-state index < -0.39 is 0 Å². The molecule has 3 rings (SSSR count). The van der Waals surface area contributed by atoms with E-state index >= 15 is 0 Å². The summed E-state index contributed by atoms with van der Waals surface area (Å²) in [5, 5.41) is 5.80. The lowest BCUT2D eigenvalue weighted by atomic mass is 10.1. The van der Waals surface area contributed by atoms with Gasteiger partial charge in [0.25, 0.3) is 0 Å². The molecule has 0 saturated carbocycles. The molecule has 0 spiro atoms. The number of anilines is 1. The second kappa shape index (κ2) is 5.06. The summed E-state index contributed by atoms with van der Waals surface area (Å²) in [6.45, 7) is 2.12. The number of aromatic nitrogens is 2. The number of fused-ring (bicyclic) bond motifs is 1. The van der Waals surface area contributed by atoms with E-state index in [0.29, 0.717) is 0 Å². The number of nitrogens with one attached hydrogen (secondary N) is 1. The zero-order valence-corrected chi connectivity index (χ0v) is 10.7. The molecule has 0 aliphatic carbocycles. The van der Waals surface area contributed by atoms with Crippen LogP contribution in [-0.4, -0.2) is 9.97 Å². The van der Waals surface area contributed by atoms with E-state index in [9.17, 15) is 0 Å². The average molecular weight is 249 g/mol. The molecule has 2 heterocycles. The number of hydrogen-bond donors (Lipinski definition) is 1. The van der Waals surface area contributed by atoms with Gasteiger partial charge >= 0.3 is 0 Å². The summed E-state index contributed by atoms with van der Waals surface area (Å²) >= 11 is 0. The van der Waals surface area contributed by atoms with Crippen LogP contribution in [-0.2, 0) is 0 Å². The zero-order valence-electron chi connectivity index (χ0n) is 10.7. The van der Waals surface area contributed by atoms with Gasteiger partial charge in [-0.05, 0) is 36.1 Å². The van der Waals surface area contributed by atoms with Crippen molar-refractivity contribution in [3.63, 3.8) is 0 Å². The van der Waals surface area contributed by atoms with Crippen molar-refractivity contribution < 1.29 is 0 Å². The predicted molar refractivity (Wildman–Crippen MR) is 78.0 cm³/mol. The normalized spacial score (nSPS) is 12.3. The molecule has 3 nitrogen and oxygen atoms in total. The molecule has 1 aromatic carbocycles. The third kappa shape index (κ3) is 2.40. The average Bonchev–Trinajstić information content (AvgIpc) is 2.48. The van der Waals surface area contributed by atoms with Gasteiger partial charge in [0.2, 0.25) is 0 Å². The van der Waals surface area contributed by atoms with E-state index in [0.717, 1.165) is 11.2 Å². The number of nitrogens with zero attached hydrogens (tertiary/aromatic N) is 2. The molecule has 1 unspecified atom stereocenters. The molecule has 1 N–H and O–H groups in total. The summed E-state index contributed by atoms with van der Waals surface area (Å²) in [5.41, 5.74) is 1.20. The van der Waals surface area contributed by atoms with Gasteiger partial charge in [0.15, 0.2) is 0 Å². The topological polar surface area (TPSA) is 37.8 Å². The van der Waals surface area contributed by atoms with E-state index in [1.165, 1.54) is 10.9 Å². The van der Waals surface area contributed by atoms with Gasteiger partial charge in [-0.3, -0.25) is 4.98 Å². The minimum absolute atomic E-state index is 0.196. The van der Waals surface area contributed by atoms with Crippen LogP contribution in [0.25, 0.3) is 10.8 Å². The highest BCUT2D eigenvalue weighted by atomic mass is 15.0. The molecule has 94 valence electrons. The van der Waals surface area contributed by atoms with Crippen LogP contribution in [0.5, 0.6) is 0 Å². The molecular formula is C16H15N3. The number of pyridine rings is 2. The van der Waals surface area contributed by atoms with Crippen LogP contribution in [0, 0.1) is 0 Å². The molecule has 0 aliphatic rings. The van der Waals surface area contributed by atoms with E-state index in [1.807, 2.05) is 48.9 Å². The van der Waals surface area contributed by atoms with Gasteiger partial charge < -0.3 is 5.32 Å². The molecule has 19 heavy (non-hydrogen) atoms. The Kier molecular flexibility index (Phi) is 3.11. The van der Waals surface area contributed by atoms with Crippen molar-refractivity contribution in [1.82, 2.24) is 9.97 Å². The first-order valence-corrected chi connectivity index (χ1v) is 6.35. The molecular weight excluding hydrogens is 234 g/mol. The fourth-order valence-electron chi connectivity index (χ4n) is 2.18. The SMILES string of the molecule is CC(Nc1nccc2ccccc12)c1ccncc1. The fraction of sp³-hybridized carbons (Fsp3) is 0.125. The molecule has 3 heteroatoms. The molecule has 0 aliphatic heterocycles. The van der Waals surface area contributed by atoms with Crippen molar-refractivity contribution in [3.8, 4) is 0 Å². The van der Waals surface area contributed by atoms with Gasteiger partial charge in [-0.2, -0.15) is 0 Å². The third-order valence-corrected chi connectivity index (χ3v) is 3.23. The first kappa shape index (κ1) is 11.7. The maximum absolute atomic E-state index is 4.45. The Morgan fingerprint density at radius 2 is 1.74 bits per heavy atom. The summed E-state index contributed by atoms with van der Waals surface area (Å²) in [7, 11) is 0. The molecule has 3 aromatic rings. The fourth-order valence-corrected chi connectivity index (χ4v) is 2.18. The van der Waals surface area contributed by atoms with Crippen LogP contribution in [0.2, 0.25) is 0 Å². The molecule has 0 amide bonds. The van der Waals surface area contributed by atoms with Crippen molar-refractivity contribution >= 4 is 16.6 Å². The Balaban J connectivity index is 1.94. The standard InChI is InChI=1S/C16H15N3/c1-12(13-6-9-17-10-7-13)19-16-15-5-3-2-4-14(15)8-11-18-16/h2-12H,1H3,(H,18,19). The van der Waals surface area contributed by atoms with Crippen LogP contribution in [0.1, 0.15) is 18.5 Å². The van der Waals surface area contributed by atoms with Gasteiger partial charge in [0, 0.05) is 24.0 Å². The lowest BCUT2D eigenvalue weighted by molar-refractivity contribution is 0.874. The van der Waals surface area contributed by atoms with E-state index in [1.54, 1.807) is 0 Å². The van der Waals surface area contributed by atoms with Crippen molar-refractivity contribution in [1.29, 1.82) is 0 Å². The Morgan fingerprint density at radius 1 is 0.947 bits per heavy atom. The van der Waals surface area contributed by atoms with Crippen molar-refractivity contribution in [3.05, 3.63) is 66.6 Å². The Labute approximate surface area is 112 Å². The lowest BCUT2D eigenvalue weighted by Crippen LogP contribution is -2.08. The minimum atomic E-state index is 0.196. The highest BCUT2D eigenvalue weighted by Crippen LogP contribution is 2.24. The third-order valence-electron chi connectivity index (χ3n) is 3.23. The molecule has 0 bridgehead atoms. The maximum atomic E-state index is 4.45. The molecule has 0 fully saturated rings. The van der Waals surface area contributed by atoms with Gasteiger partial charge in [-0.15, -0.1) is 0 Å².